The zero-order valence-corrected chi connectivity index (χ0v) is 17.6. The van der Waals surface area contributed by atoms with Gasteiger partial charge >= 0.3 is 0 Å². The molecule has 4 nitrogen and oxygen atoms in total. The number of aryl methyl sites for hydroxylation is 2. The number of amides is 1. The molecule has 0 spiro atoms. The van der Waals surface area contributed by atoms with Gasteiger partial charge in [0.05, 0.1) is 0 Å². The van der Waals surface area contributed by atoms with Crippen LogP contribution in [0.15, 0.2) is 42.5 Å². The molecule has 1 N–H and O–H groups in total. The lowest BCUT2D eigenvalue weighted by Gasteiger charge is -2.25. The number of nitrogens with one attached hydrogen (secondary N) is 1. The van der Waals surface area contributed by atoms with Crippen molar-refractivity contribution in [1.29, 1.82) is 0 Å². The Bertz CT molecular complexity index is 864. The quantitative estimate of drug-likeness (QED) is 0.715. The molecule has 2 aromatic rings. The Morgan fingerprint density at radius 1 is 1.14 bits per heavy atom. The molecule has 0 bridgehead atoms. The van der Waals surface area contributed by atoms with Gasteiger partial charge in [0.25, 0.3) is 5.91 Å². The first-order valence-electron chi connectivity index (χ1n) is 11.0. The van der Waals surface area contributed by atoms with E-state index in [-0.39, 0.29) is 5.91 Å². The number of rotatable bonds is 7. The van der Waals surface area contributed by atoms with Gasteiger partial charge in [0, 0.05) is 24.8 Å². The molecule has 0 saturated heterocycles. The molecule has 1 aliphatic heterocycles. The molecule has 154 valence electrons. The summed E-state index contributed by atoms with van der Waals surface area (Å²) in [6.07, 6.45) is 6.34. The van der Waals surface area contributed by atoms with E-state index in [1.807, 2.05) is 13.0 Å². The Kier molecular flexibility index (Phi) is 6.08. The van der Waals surface area contributed by atoms with Crippen LogP contribution in [0, 0.1) is 0 Å². The van der Waals surface area contributed by atoms with Crippen molar-refractivity contribution in [2.75, 3.05) is 18.0 Å². The van der Waals surface area contributed by atoms with E-state index in [1.54, 1.807) is 0 Å². The lowest BCUT2D eigenvalue weighted by molar-refractivity contribution is -0.127. The fourth-order valence-corrected chi connectivity index (χ4v) is 4.62. The number of carbonyl (C=O) groups is 1. The molecule has 2 atom stereocenters. The van der Waals surface area contributed by atoms with Crippen LogP contribution in [0.2, 0.25) is 0 Å². The van der Waals surface area contributed by atoms with Gasteiger partial charge in [-0.25, -0.2) is 0 Å². The molecule has 1 amide bonds. The zero-order chi connectivity index (χ0) is 20.2. The summed E-state index contributed by atoms with van der Waals surface area (Å²) in [7, 11) is 0. The van der Waals surface area contributed by atoms with Crippen molar-refractivity contribution in [1.82, 2.24) is 5.32 Å². The SMILES string of the molecule is C[C@H](Oc1ccc2c(c1)CCCC2)C(=O)NCCCN1c2ccccc2C[C@@H]1C. The minimum Gasteiger partial charge on any atom is -0.481 e. The summed E-state index contributed by atoms with van der Waals surface area (Å²) < 4.78 is 5.91. The molecule has 0 radical (unpaired) electrons. The lowest BCUT2D eigenvalue weighted by Crippen LogP contribution is -2.38. The predicted molar refractivity (Wildman–Crippen MR) is 118 cm³/mol. The lowest BCUT2D eigenvalue weighted by atomic mass is 9.92. The van der Waals surface area contributed by atoms with Crippen LogP contribution in [0.3, 0.4) is 0 Å². The second-order valence-corrected chi connectivity index (χ2v) is 8.42. The number of ether oxygens (including phenoxy) is 1. The van der Waals surface area contributed by atoms with E-state index in [1.165, 1.54) is 35.2 Å². The highest BCUT2D eigenvalue weighted by Gasteiger charge is 2.24. The number of nitrogens with zero attached hydrogens (tertiary/aromatic N) is 1. The third-order valence-corrected chi connectivity index (χ3v) is 6.23. The first-order chi connectivity index (χ1) is 14.1. The van der Waals surface area contributed by atoms with E-state index >= 15 is 0 Å². The van der Waals surface area contributed by atoms with Gasteiger partial charge in [-0.2, -0.15) is 0 Å². The summed E-state index contributed by atoms with van der Waals surface area (Å²) in [6.45, 7) is 5.72. The summed E-state index contributed by atoms with van der Waals surface area (Å²) in [5.74, 6) is 0.758. The second kappa shape index (κ2) is 8.89. The average Bonchev–Trinajstić information content (AvgIpc) is 3.06. The van der Waals surface area contributed by atoms with E-state index in [0.717, 1.165) is 38.0 Å². The number of hydrogen-bond acceptors (Lipinski definition) is 3. The largest absolute Gasteiger partial charge is 0.481 e. The Hall–Kier alpha value is -2.49. The molecule has 4 heteroatoms. The average molecular weight is 393 g/mol. The molecule has 29 heavy (non-hydrogen) atoms. The molecule has 1 heterocycles. The standard InChI is InChI=1S/C25H32N2O2/c1-18-16-22-10-5-6-11-24(22)27(18)15-7-14-26-25(28)19(2)29-23-13-12-20-8-3-4-9-21(20)17-23/h5-6,10-13,17-19H,3-4,7-9,14-16H2,1-2H3,(H,26,28)/t18-,19-/m0/s1. The predicted octanol–water partition coefficient (Wildman–Crippen LogP) is 4.29. The van der Waals surface area contributed by atoms with Crippen LogP contribution in [0.5, 0.6) is 5.75 Å². The third kappa shape index (κ3) is 4.58. The van der Waals surface area contributed by atoms with Crippen LogP contribution in [0.25, 0.3) is 0 Å². The van der Waals surface area contributed by atoms with Crippen LogP contribution < -0.4 is 15.0 Å². The highest BCUT2D eigenvalue weighted by atomic mass is 16.5. The summed E-state index contributed by atoms with van der Waals surface area (Å²) in [6, 6.07) is 15.4. The molecule has 0 aromatic heterocycles. The van der Waals surface area contributed by atoms with Gasteiger partial charge in [-0.05, 0) is 87.3 Å². The van der Waals surface area contributed by atoms with Crippen molar-refractivity contribution >= 4 is 11.6 Å². The first kappa shape index (κ1) is 19.8. The Balaban J connectivity index is 1.23. The van der Waals surface area contributed by atoms with E-state index in [2.05, 4.69) is 53.5 Å². The first-order valence-corrected chi connectivity index (χ1v) is 11.0. The molecule has 0 fully saturated rings. The van der Waals surface area contributed by atoms with E-state index < -0.39 is 6.10 Å². The van der Waals surface area contributed by atoms with Gasteiger partial charge in [0.1, 0.15) is 5.75 Å². The number of hydrogen-bond donors (Lipinski definition) is 1. The summed E-state index contributed by atoms with van der Waals surface area (Å²) in [4.78, 5) is 14.9. The molecular formula is C25H32N2O2. The second-order valence-electron chi connectivity index (χ2n) is 8.42. The van der Waals surface area contributed by atoms with Crippen molar-refractivity contribution < 1.29 is 9.53 Å². The molecule has 4 rings (SSSR count). The van der Waals surface area contributed by atoms with Crippen LogP contribution >= 0.6 is 0 Å². The summed E-state index contributed by atoms with van der Waals surface area (Å²) >= 11 is 0. The Labute approximate surface area is 174 Å². The van der Waals surface area contributed by atoms with Crippen LogP contribution in [0.1, 0.15) is 49.8 Å². The number of carbonyl (C=O) groups excluding carboxylic acids is 1. The minimum absolute atomic E-state index is 0.0439. The highest BCUT2D eigenvalue weighted by Crippen LogP contribution is 2.31. The van der Waals surface area contributed by atoms with Gasteiger partial charge in [0.15, 0.2) is 6.10 Å². The monoisotopic (exact) mass is 392 g/mol. The highest BCUT2D eigenvalue weighted by molar-refractivity contribution is 5.80. The van der Waals surface area contributed by atoms with Gasteiger partial charge in [0.2, 0.25) is 0 Å². The van der Waals surface area contributed by atoms with Crippen LogP contribution in [-0.2, 0) is 24.1 Å². The molecular weight excluding hydrogens is 360 g/mol. The van der Waals surface area contributed by atoms with Crippen LogP contribution in [0.4, 0.5) is 5.69 Å². The smallest absolute Gasteiger partial charge is 0.260 e. The summed E-state index contributed by atoms with van der Waals surface area (Å²) in [5, 5.41) is 3.04. The molecule has 2 aromatic carbocycles. The van der Waals surface area contributed by atoms with Gasteiger partial charge in [-0.3, -0.25) is 4.79 Å². The van der Waals surface area contributed by atoms with Crippen molar-refractivity contribution in [3.8, 4) is 5.75 Å². The fraction of sp³-hybridized carbons (Fsp3) is 0.480. The van der Waals surface area contributed by atoms with Crippen LogP contribution in [-0.4, -0.2) is 31.1 Å². The molecule has 0 saturated carbocycles. The van der Waals surface area contributed by atoms with Crippen molar-refractivity contribution in [3.63, 3.8) is 0 Å². The Morgan fingerprint density at radius 3 is 2.79 bits per heavy atom. The van der Waals surface area contributed by atoms with E-state index in [0.29, 0.717) is 12.6 Å². The fourth-order valence-electron chi connectivity index (χ4n) is 4.62. The number of anilines is 1. The van der Waals surface area contributed by atoms with E-state index in [9.17, 15) is 4.79 Å². The normalized spacial score (nSPS) is 18.7. The molecule has 1 aliphatic carbocycles. The Morgan fingerprint density at radius 2 is 1.93 bits per heavy atom. The maximum atomic E-state index is 12.4. The van der Waals surface area contributed by atoms with Crippen molar-refractivity contribution in [2.24, 2.45) is 0 Å². The van der Waals surface area contributed by atoms with Gasteiger partial charge in [-0.1, -0.05) is 24.3 Å². The molecule has 0 unspecified atom stereocenters. The van der Waals surface area contributed by atoms with Crippen molar-refractivity contribution in [3.05, 3.63) is 59.2 Å². The van der Waals surface area contributed by atoms with Gasteiger partial charge < -0.3 is 15.0 Å². The molecule has 2 aliphatic rings. The minimum atomic E-state index is -0.483. The number of fused-ring (bicyclic) bond motifs is 2. The topological polar surface area (TPSA) is 41.6 Å². The summed E-state index contributed by atoms with van der Waals surface area (Å²) in [5.41, 5.74) is 5.58. The van der Waals surface area contributed by atoms with E-state index in [4.69, 9.17) is 4.74 Å². The third-order valence-electron chi connectivity index (χ3n) is 6.23. The zero-order valence-electron chi connectivity index (χ0n) is 17.6. The van der Waals surface area contributed by atoms with Crippen molar-refractivity contribution in [2.45, 2.75) is 64.5 Å². The maximum absolute atomic E-state index is 12.4. The maximum Gasteiger partial charge on any atom is 0.260 e. The number of para-hydroxylation sites is 1. The van der Waals surface area contributed by atoms with Gasteiger partial charge in [-0.15, -0.1) is 0 Å². The number of benzene rings is 2.